The summed E-state index contributed by atoms with van der Waals surface area (Å²) >= 11 is 13.6. The summed E-state index contributed by atoms with van der Waals surface area (Å²) in [5.74, 6) is 2.36. The van der Waals surface area contributed by atoms with Crippen LogP contribution in [0, 0.1) is 0 Å². The predicted molar refractivity (Wildman–Crippen MR) is 61.2 cm³/mol. The van der Waals surface area contributed by atoms with E-state index >= 15 is 0 Å². The van der Waals surface area contributed by atoms with E-state index in [0.717, 1.165) is 5.69 Å². The van der Waals surface area contributed by atoms with Gasteiger partial charge in [-0.05, 0) is 18.2 Å². The van der Waals surface area contributed by atoms with E-state index in [-0.39, 0.29) is 0 Å². The predicted octanol–water partition coefficient (Wildman–Crippen LogP) is 3.52. The first-order valence-corrected chi connectivity index (χ1v) is 5.96. The molecule has 1 aromatic carbocycles. The van der Waals surface area contributed by atoms with Gasteiger partial charge in [0.1, 0.15) is 0 Å². The smallest absolute Gasteiger partial charge is 0.0612 e. The Morgan fingerprint density at radius 1 is 1.23 bits per heavy atom. The molecule has 0 saturated carbocycles. The SMILES string of the molecule is Clc1ccc(NC2CSC2)cc1Cl. The van der Waals surface area contributed by atoms with Gasteiger partial charge in [0.15, 0.2) is 0 Å². The van der Waals surface area contributed by atoms with Gasteiger partial charge in [-0.25, -0.2) is 0 Å². The molecule has 0 aliphatic carbocycles. The molecular weight excluding hydrogens is 225 g/mol. The maximum atomic E-state index is 5.88. The Morgan fingerprint density at radius 2 is 2.00 bits per heavy atom. The van der Waals surface area contributed by atoms with Gasteiger partial charge in [-0.2, -0.15) is 11.8 Å². The zero-order valence-electron chi connectivity index (χ0n) is 6.89. The van der Waals surface area contributed by atoms with Gasteiger partial charge >= 0.3 is 0 Å². The molecule has 70 valence electrons. The van der Waals surface area contributed by atoms with Crippen LogP contribution in [0.5, 0.6) is 0 Å². The van der Waals surface area contributed by atoms with Crippen LogP contribution in [0.2, 0.25) is 10.0 Å². The number of thioether (sulfide) groups is 1. The lowest BCUT2D eigenvalue weighted by Crippen LogP contribution is -2.33. The summed E-state index contributed by atoms with van der Waals surface area (Å²) in [6.45, 7) is 0. The van der Waals surface area contributed by atoms with Gasteiger partial charge in [0, 0.05) is 23.2 Å². The van der Waals surface area contributed by atoms with Crippen LogP contribution < -0.4 is 5.32 Å². The van der Waals surface area contributed by atoms with E-state index in [2.05, 4.69) is 5.32 Å². The first-order valence-electron chi connectivity index (χ1n) is 4.05. The molecule has 1 fully saturated rings. The highest BCUT2D eigenvalue weighted by Crippen LogP contribution is 2.27. The van der Waals surface area contributed by atoms with Crippen molar-refractivity contribution >= 4 is 40.7 Å². The van der Waals surface area contributed by atoms with E-state index < -0.39 is 0 Å². The molecule has 1 aromatic rings. The van der Waals surface area contributed by atoms with Crippen molar-refractivity contribution in [3.05, 3.63) is 28.2 Å². The van der Waals surface area contributed by atoms with Crippen LogP contribution in [0.4, 0.5) is 5.69 Å². The number of hydrogen-bond donors (Lipinski definition) is 1. The molecule has 13 heavy (non-hydrogen) atoms. The fourth-order valence-corrected chi connectivity index (χ4v) is 2.08. The number of benzene rings is 1. The molecule has 1 heterocycles. The van der Waals surface area contributed by atoms with E-state index in [0.29, 0.717) is 16.1 Å². The van der Waals surface area contributed by atoms with Crippen LogP contribution in [0.3, 0.4) is 0 Å². The first-order chi connectivity index (χ1) is 6.25. The molecule has 2 rings (SSSR count). The van der Waals surface area contributed by atoms with Crippen molar-refractivity contribution in [2.75, 3.05) is 16.8 Å². The maximum absolute atomic E-state index is 5.88. The van der Waals surface area contributed by atoms with Crippen LogP contribution in [0.15, 0.2) is 18.2 Å². The molecule has 0 atom stereocenters. The summed E-state index contributed by atoms with van der Waals surface area (Å²) < 4.78 is 0. The van der Waals surface area contributed by atoms with Gasteiger partial charge in [-0.15, -0.1) is 0 Å². The highest BCUT2D eigenvalue weighted by molar-refractivity contribution is 8.00. The molecule has 1 N–H and O–H groups in total. The Bertz CT molecular complexity index is 312. The van der Waals surface area contributed by atoms with Crippen molar-refractivity contribution < 1.29 is 0 Å². The Morgan fingerprint density at radius 3 is 2.54 bits per heavy atom. The quantitative estimate of drug-likeness (QED) is 0.840. The van der Waals surface area contributed by atoms with Crippen LogP contribution in [-0.2, 0) is 0 Å². The molecule has 1 saturated heterocycles. The van der Waals surface area contributed by atoms with Crippen molar-refractivity contribution in [1.82, 2.24) is 0 Å². The average Bonchev–Trinajstić information content (AvgIpc) is 2.04. The third kappa shape index (κ3) is 2.25. The second kappa shape index (κ2) is 3.99. The molecule has 1 nitrogen and oxygen atoms in total. The maximum Gasteiger partial charge on any atom is 0.0612 e. The Balaban J connectivity index is 2.07. The summed E-state index contributed by atoms with van der Waals surface area (Å²) in [5.41, 5.74) is 1.06. The molecule has 0 bridgehead atoms. The summed E-state index contributed by atoms with van der Waals surface area (Å²) in [6, 6.07) is 6.24. The average molecular weight is 234 g/mol. The van der Waals surface area contributed by atoms with Gasteiger partial charge in [0.05, 0.1) is 10.0 Å². The molecule has 0 aromatic heterocycles. The van der Waals surface area contributed by atoms with Gasteiger partial charge in [0.2, 0.25) is 0 Å². The van der Waals surface area contributed by atoms with Gasteiger partial charge in [-0.1, -0.05) is 23.2 Å². The van der Waals surface area contributed by atoms with Crippen molar-refractivity contribution in [2.45, 2.75) is 6.04 Å². The molecule has 0 unspecified atom stereocenters. The van der Waals surface area contributed by atoms with Gasteiger partial charge < -0.3 is 5.32 Å². The number of anilines is 1. The third-order valence-electron chi connectivity index (χ3n) is 1.93. The molecule has 1 aliphatic rings. The molecule has 0 amide bonds. The molecular formula is C9H9Cl2NS. The van der Waals surface area contributed by atoms with E-state index in [1.165, 1.54) is 11.5 Å². The summed E-state index contributed by atoms with van der Waals surface area (Å²) in [5, 5.41) is 4.60. The molecule has 0 spiro atoms. The minimum atomic E-state index is 0.599. The fraction of sp³-hybridized carbons (Fsp3) is 0.333. The summed E-state index contributed by atoms with van der Waals surface area (Å²) in [4.78, 5) is 0. The molecule has 4 heteroatoms. The van der Waals surface area contributed by atoms with Crippen LogP contribution in [0.25, 0.3) is 0 Å². The van der Waals surface area contributed by atoms with E-state index in [9.17, 15) is 0 Å². The van der Waals surface area contributed by atoms with Crippen molar-refractivity contribution in [1.29, 1.82) is 0 Å². The van der Waals surface area contributed by atoms with Crippen LogP contribution in [0.1, 0.15) is 0 Å². The number of halogens is 2. The topological polar surface area (TPSA) is 12.0 Å². The molecule has 0 radical (unpaired) electrons. The normalized spacial score (nSPS) is 16.8. The minimum Gasteiger partial charge on any atom is -0.381 e. The summed E-state index contributed by atoms with van der Waals surface area (Å²) in [6.07, 6.45) is 0. The second-order valence-corrected chi connectivity index (χ2v) is 4.90. The minimum absolute atomic E-state index is 0.599. The zero-order valence-corrected chi connectivity index (χ0v) is 9.22. The van der Waals surface area contributed by atoms with Crippen molar-refractivity contribution in [2.24, 2.45) is 0 Å². The zero-order chi connectivity index (χ0) is 9.26. The van der Waals surface area contributed by atoms with Crippen molar-refractivity contribution in [3.63, 3.8) is 0 Å². The fourth-order valence-electron chi connectivity index (χ4n) is 1.14. The Labute approximate surface area is 91.8 Å². The summed E-state index contributed by atoms with van der Waals surface area (Å²) in [7, 11) is 0. The monoisotopic (exact) mass is 233 g/mol. The largest absolute Gasteiger partial charge is 0.381 e. The second-order valence-electron chi connectivity index (χ2n) is 3.01. The standard InChI is InChI=1S/C9H9Cl2NS/c10-8-2-1-6(3-9(8)11)12-7-4-13-5-7/h1-3,7,12H,4-5H2. The van der Waals surface area contributed by atoms with Gasteiger partial charge in [0.25, 0.3) is 0 Å². The van der Waals surface area contributed by atoms with E-state index in [4.69, 9.17) is 23.2 Å². The number of nitrogens with one attached hydrogen (secondary N) is 1. The lowest BCUT2D eigenvalue weighted by Gasteiger charge is -2.27. The highest BCUT2D eigenvalue weighted by atomic mass is 35.5. The van der Waals surface area contributed by atoms with Crippen LogP contribution >= 0.6 is 35.0 Å². The number of hydrogen-bond acceptors (Lipinski definition) is 2. The lowest BCUT2D eigenvalue weighted by molar-refractivity contribution is 0.882. The van der Waals surface area contributed by atoms with Crippen LogP contribution in [-0.4, -0.2) is 17.5 Å². The molecule has 1 aliphatic heterocycles. The first kappa shape index (κ1) is 9.50. The van der Waals surface area contributed by atoms with E-state index in [1.54, 1.807) is 0 Å². The lowest BCUT2D eigenvalue weighted by atomic mass is 10.3. The number of rotatable bonds is 2. The van der Waals surface area contributed by atoms with Gasteiger partial charge in [-0.3, -0.25) is 0 Å². The Hall–Kier alpha value is -0.0500. The Kier molecular flexibility index (Phi) is 2.92. The van der Waals surface area contributed by atoms with Crippen molar-refractivity contribution in [3.8, 4) is 0 Å². The third-order valence-corrected chi connectivity index (χ3v) is 3.94. The van der Waals surface area contributed by atoms with E-state index in [1.807, 2.05) is 30.0 Å². The highest BCUT2D eigenvalue weighted by Gasteiger charge is 2.17.